The van der Waals surface area contributed by atoms with Crippen LogP contribution in [0.15, 0.2) is 54.6 Å². The van der Waals surface area contributed by atoms with Crippen molar-refractivity contribution in [2.24, 2.45) is 29.1 Å². The summed E-state index contributed by atoms with van der Waals surface area (Å²) in [6.07, 6.45) is -1.38. The first kappa shape index (κ1) is 35.5. The molecule has 1 aromatic carbocycles. The van der Waals surface area contributed by atoms with Crippen molar-refractivity contribution in [1.82, 2.24) is 0 Å². The van der Waals surface area contributed by atoms with Crippen LogP contribution in [0.5, 0.6) is 0 Å². The van der Waals surface area contributed by atoms with Gasteiger partial charge in [0.25, 0.3) is 0 Å². The quantitative estimate of drug-likeness (QED) is 0.247. The third-order valence-corrected chi connectivity index (χ3v) is 9.64. The van der Waals surface area contributed by atoms with E-state index in [4.69, 9.17) is 23.7 Å². The molecule has 4 rings (SSSR count). The van der Waals surface area contributed by atoms with Gasteiger partial charge >= 0.3 is 29.8 Å². The molecule has 0 bridgehead atoms. The Hall–Kier alpha value is -4.32. The van der Waals surface area contributed by atoms with Crippen LogP contribution in [-0.4, -0.2) is 76.9 Å². The maximum atomic E-state index is 15.0. The predicted molar refractivity (Wildman–Crippen MR) is 164 cm³/mol. The number of rotatable bonds is 8. The SMILES string of the molecule is C=C(C)[C@H]1C=C[C@@H](OC(C)=O)[C@@]2(COC(C)=O)[C@H](OC(=O)c3ccccc3)[C@H]3[C@@H](OC(C)=O)[C@@H](C)C[C@]3(O)C(=O)[C@@](C)(OC(C)=O)[C@H]12. The molecule has 0 aromatic heterocycles. The summed E-state index contributed by atoms with van der Waals surface area (Å²) in [5, 5.41) is 12.7. The fourth-order valence-electron chi connectivity index (χ4n) is 8.14. The second-order valence-corrected chi connectivity index (χ2v) is 13.1. The summed E-state index contributed by atoms with van der Waals surface area (Å²) in [5.41, 5.74) is -5.99. The molecule has 10 atom stereocenters. The average molecular weight is 655 g/mol. The van der Waals surface area contributed by atoms with Gasteiger partial charge in [0.1, 0.15) is 30.5 Å². The van der Waals surface area contributed by atoms with Gasteiger partial charge in [-0.3, -0.25) is 24.0 Å². The molecule has 0 unspecified atom stereocenters. The Morgan fingerprint density at radius 3 is 2.04 bits per heavy atom. The molecule has 1 aromatic rings. The van der Waals surface area contributed by atoms with E-state index in [0.29, 0.717) is 5.57 Å². The highest BCUT2D eigenvalue weighted by Gasteiger charge is 2.78. The van der Waals surface area contributed by atoms with Gasteiger partial charge in [-0.05, 0) is 44.4 Å². The van der Waals surface area contributed by atoms with E-state index in [1.54, 1.807) is 38.1 Å². The van der Waals surface area contributed by atoms with Gasteiger partial charge in [-0.15, -0.1) is 0 Å². The van der Waals surface area contributed by atoms with E-state index < -0.39 is 101 Å². The summed E-state index contributed by atoms with van der Waals surface area (Å²) in [5.74, 6) is -9.28. The summed E-state index contributed by atoms with van der Waals surface area (Å²) in [4.78, 5) is 79.7. The second kappa shape index (κ2) is 13.1. The number of allylic oxidation sites excluding steroid dienone is 2. The number of aliphatic hydroxyl groups is 1. The lowest BCUT2D eigenvalue weighted by atomic mass is 9.53. The summed E-state index contributed by atoms with van der Waals surface area (Å²) >= 11 is 0. The molecule has 0 amide bonds. The van der Waals surface area contributed by atoms with Crippen LogP contribution in [0, 0.1) is 29.1 Å². The molecule has 3 aliphatic carbocycles. The first-order chi connectivity index (χ1) is 21.9. The van der Waals surface area contributed by atoms with E-state index in [-0.39, 0.29) is 12.0 Å². The van der Waals surface area contributed by atoms with Crippen LogP contribution in [0.25, 0.3) is 0 Å². The molecule has 254 valence electrons. The summed E-state index contributed by atoms with van der Waals surface area (Å²) in [6, 6.07) is 7.91. The normalized spacial score (nSPS) is 35.7. The van der Waals surface area contributed by atoms with Gasteiger partial charge in [0.15, 0.2) is 5.60 Å². The van der Waals surface area contributed by atoms with E-state index in [1.807, 2.05) is 0 Å². The van der Waals surface area contributed by atoms with Crippen molar-refractivity contribution in [3.8, 4) is 0 Å². The molecule has 12 nitrogen and oxygen atoms in total. The van der Waals surface area contributed by atoms with E-state index in [1.165, 1.54) is 25.1 Å². The fourth-order valence-corrected chi connectivity index (χ4v) is 8.14. The number of benzene rings is 1. The number of hydrogen-bond acceptors (Lipinski definition) is 12. The minimum Gasteiger partial charge on any atom is -0.465 e. The molecule has 0 saturated heterocycles. The van der Waals surface area contributed by atoms with Gasteiger partial charge in [-0.2, -0.15) is 0 Å². The van der Waals surface area contributed by atoms with Crippen LogP contribution < -0.4 is 0 Å². The molecular formula is C35H42O12. The van der Waals surface area contributed by atoms with E-state index >= 15 is 4.79 Å². The Balaban J connectivity index is 2.20. The Kier molecular flexibility index (Phi) is 9.87. The van der Waals surface area contributed by atoms with Gasteiger partial charge < -0.3 is 28.8 Å². The number of hydrogen-bond donors (Lipinski definition) is 1. The van der Waals surface area contributed by atoms with Crippen molar-refractivity contribution in [3.05, 3.63) is 60.2 Å². The van der Waals surface area contributed by atoms with Crippen LogP contribution in [0.1, 0.15) is 65.2 Å². The Bertz CT molecular complexity index is 1500. The Morgan fingerprint density at radius 1 is 0.894 bits per heavy atom. The monoisotopic (exact) mass is 654 g/mol. The van der Waals surface area contributed by atoms with Crippen LogP contribution in [0.4, 0.5) is 0 Å². The molecule has 0 heterocycles. The number of Topliss-reactive ketones (excluding diaryl/α,β-unsaturated/α-hetero) is 1. The van der Waals surface area contributed by atoms with Gasteiger partial charge in [0, 0.05) is 39.5 Å². The molecule has 12 heteroatoms. The molecular weight excluding hydrogens is 612 g/mol. The van der Waals surface area contributed by atoms with E-state index in [9.17, 15) is 29.1 Å². The van der Waals surface area contributed by atoms with Crippen LogP contribution in [-0.2, 0) is 47.7 Å². The lowest BCUT2D eigenvalue weighted by Crippen LogP contribution is -2.66. The third-order valence-electron chi connectivity index (χ3n) is 9.64. The van der Waals surface area contributed by atoms with Crippen molar-refractivity contribution in [1.29, 1.82) is 0 Å². The number of fused-ring (bicyclic) bond motifs is 2. The second-order valence-electron chi connectivity index (χ2n) is 13.1. The fraction of sp³-hybridized carbons (Fsp3) is 0.543. The molecule has 0 spiro atoms. The van der Waals surface area contributed by atoms with Gasteiger partial charge in [0.2, 0.25) is 5.78 Å². The number of esters is 5. The maximum absolute atomic E-state index is 15.0. The van der Waals surface area contributed by atoms with Crippen LogP contribution in [0.2, 0.25) is 0 Å². The lowest BCUT2D eigenvalue weighted by molar-refractivity contribution is -0.218. The molecule has 0 aliphatic heterocycles. The highest BCUT2D eigenvalue weighted by Crippen LogP contribution is 2.63. The largest absolute Gasteiger partial charge is 0.465 e. The number of ketones is 1. The summed E-state index contributed by atoms with van der Waals surface area (Å²) in [6.45, 7) is 12.7. The van der Waals surface area contributed by atoms with E-state index in [2.05, 4.69) is 6.58 Å². The zero-order valence-corrected chi connectivity index (χ0v) is 27.6. The summed E-state index contributed by atoms with van der Waals surface area (Å²) in [7, 11) is 0. The minimum absolute atomic E-state index is 0.107. The number of carbonyl (C=O) groups excluding carboxylic acids is 6. The minimum atomic E-state index is -2.42. The number of carbonyl (C=O) groups is 6. The van der Waals surface area contributed by atoms with Gasteiger partial charge in [-0.25, -0.2) is 4.79 Å². The topological polar surface area (TPSA) is 169 Å². The first-order valence-electron chi connectivity index (χ1n) is 15.4. The van der Waals surface area contributed by atoms with Crippen LogP contribution >= 0.6 is 0 Å². The third kappa shape index (κ3) is 6.22. The van der Waals surface area contributed by atoms with Crippen molar-refractivity contribution in [3.63, 3.8) is 0 Å². The Labute approximate surface area is 273 Å². The highest BCUT2D eigenvalue weighted by molar-refractivity contribution is 5.98. The zero-order valence-electron chi connectivity index (χ0n) is 27.6. The predicted octanol–water partition coefficient (Wildman–Crippen LogP) is 3.29. The highest BCUT2D eigenvalue weighted by atomic mass is 16.6. The Morgan fingerprint density at radius 2 is 1.51 bits per heavy atom. The lowest BCUT2D eigenvalue weighted by Gasteiger charge is -2.55. The average Bonchev–Trinajstić information content (AvgIpc) is 3.20. The van der Waals surface area contributed by atoms with Crippen molar-refractivity contribution >= 4 is 35.6 Å². The molecule has 0 radical (unpaired) electrons. The summed E-state index contributed by atoms with van der Waals surface area (Å²) < 4.78 is 29.6. The van der Waals surface area contributed by atoms with Gasteiger partial charge in [0.05, 0.1) is 16.9 Å². The van der Waals surface area contributed by atoms with Crippen LogP contribution in [0.3, 0.4) is 0 Å². The van der Waals surface area contributed by atoms with Crippen molar-refractivity contribution < 1.29 is 57.6 Å². The molecule has 2 saturated carbocycles. The molecule has 1 N–H and O–H groups in total. The standard InChI is InChI=1S/C35H42O12/c1-18(2)25-14-15-26(44-21(5)37)34(17-43-20(4)36)29(25)33(8,47-23(7)39)32(41)35(42)16-19(3)28(45-22(6)38)27(35)30(34)46-31(40)24-12-10-9-11-13-24/h9-15,19,25-30,42H,1,16-17H2,2-8H3/t19-,25+,26+,27+,28-,29-,30+,33-,34+,35+/m0/s1. The van der Waals surface area contributed by atoms with Crippen molar-refractivity contribution in [2.45, 2.75) is 84.4 Å². The number of ether oxygens (including phenoxy) is 5. The molecule has 3 aliphatic rings. The first-order valence-corrected chi connectivity index (χ1v) is 15.4. The van der Waals surface area contributed by atoms with E-state index in [0.717, 1.165) is 27.7 Å². The maximum Gasteiger partial charge on any atom is 0.338 e. The smallest absolute Gasteiger partial charge is 0.338 e. The molecule has 2 fully saturated rings. The van der Waals surface area contributed by atoms with Gasteiger partial charge in [-0.1, -0.05) is 43.4 Å². The zero-order chi connectivity index (χ0) is 35.1. The molecule has 47 heavy (non-hydrogen) atoms. The van der Waals surface area contributed by atoms with Crippen molar-refractivity contribution in [2.75, 3.05) is 6.61 Å².